The Labute approximate surface area is 196 Å². The van der Waals surface area contributed by atoms with E-state index in [0.29, 0.717) is 17.6 Å². The first kappa shape index (κ1) is 21.0. The quantitative estimate of drug-likeness (QED) is 0.570. The molecule has 3 aliphatic rings. The third kappa shape index (κ3) is 3.66. The Bertz CT molecular complexity index is 1230. The molecule has 0 bridgehead atoms. The van der Waals surface area contributed by atoms with Crippen LogP contribution >= 0.6 is 0 Å². The average Bonchev–Trinajstić information content (AvgIpc) is 3.28. The number of amides is 1. The Morgan fingerprint density at radius 1 is 1.21 bits per heavy atom. The highest BCUT2D eigenvalue weighted by Gasteiger charge is 2.38. The highest BCUT2D eigenvalue weighted by Crippen LogP contribution is 2.42. The average molecular weight is 463 g/mol. The van der Waals surface area contributed by atoms with Crippen molar-refractivity contribution >= 4 is 23.4 Å². The van der Waals surface area contributed by atoms with Gasteiger partial charge >= 0.3 is 0 Å². The van der Waals surface area contributed by atoms with Crippen LogP contribution in [0.4, 0.5) is 21.8 Å². The number of carbonyl (C=O) groups excluding carboxylic acids is 1. The van der Waals surface area contributed by atoms with Gasteiger partial charge in [0.25, 0.3) is 5.91 Å². The van der Waals surface area contributed by atoms with Crippen LogP contribution in [0.5, 0.6) is 0 Å². The number of aromatic nitrogens is 5. The van der Waals surface area contributed by atoms with Crippen LogP contribution in [0.25, 0.3) is 5.69 Å². The van der Waals surface area contributed by atoms with Gasteiger partial charge in [-0.25, -0.2) is 9.37 Å². The van der Waals surface area contributed by atoms with Gasteiger partial charge in [0.05, 0.1) is 17.9 Å². The molecule has 2 aliphatic carbocycles. The number of benzene rings is 1. The Balaban J connectivity index is 1.32. The Hall–Kier alpha value is -3.56. The summed E-state index contributed by atoms with van der Waals surface area (Å²) in [6.07, 6.45) is 10.9. The van der Waals surface area contributed by atoms with Gasteiger partial charge in [-0.15, -0.1) is 10.2 Å². The van der Waals surface area contributed by atoms with E-state index in [9.17, 15) is 9.18 Å². The van der Waals surface area contributed by atoms with Gasteiger partial charge in [-0.2, -0.15) is 4.98 Å². The van der Waals surface area contributed by atoms with E-state index in [1.54, 1.807) is 24.7 Å². The fourth-order valence-electron chi connectivity index (χ4n) is 5.08. The number of rotatable bonds is 6. The summed E-state index contributed by atoms with van der Waals surface area (Å²) in [5.74, 6) is 1.24. The second-order valence-corrected chi connectivity index (χ2v) is 9.30. The molecule has 2 saturated carbocycles. The predicted octanol–water partition coefficient (Wildman–Crippen LogP) is 4.05. The summed E-state index contributed by atoms with van der Waals surface area (Å²) in [6.45, 7) is 2.15. The number of anilines is 3. The van der Waals surface area contributed by atoms with E-state index in [-0.39, 0.29) is 23.7 Å². The Morgan fingerprint density at radius 3 is 2.76 bits per heavy atom. The van der Waals surface area contributed by atoms with Crippen LogP contribution in [0.1, 0.15) is 74.1 Å². The summed E-state index contributed by atoms with van der Waals surface area (Å²) in [7, 11) is 0. The molecule has 0 spiro atoms. The number of carbonyl (C=O) groups is 1. The summed E-state index contributed by atoms with van der Waals surface area (Å²) in [5.41, 5.74) is 1.36. The molecule has 2 aromatic heterocycles. The molecular formula is C24H27FN8O. The van der Waals surface area contributed by atoms with Crippen LogP contribution in [-0.2, 0) is 0 Å². The molecule has 1 aliphatic heterocycles. The fourth-order valence-corrected chi connectivity index (χ4v) is 5.08. The second kappa shape index (κ2) is 8.34. The largest absolute Gasteiger partial charge is 0.349 e. The number of halogens is 1. The van der Waals surface area contributed by atoms with Crippen LogP contribution in [0, 0.1) is 5.82 Å². The highest BCUT2D eigenvalue weighted by atomic mass is 19.1. The lowest BCUT2D eigenvalue weighted by atomic mass is 10.0. The van der Waals surface area contributed by atoms with E-state index in [0.717, 1.165) is 49.4 Å². The molecule has 1 atom stereocenters. The van der Waals surface area contributed by atoms with Crippen molar-refractivity contribution in [2.45, 2.75) is 70.0 Å². The zero-order valence-corrected chi connectivity index (χ0v) is 19.0. The third-order valence-corrected chi connectivity index (χ3v) is 6.96. The highest BCUT2D eigenvalue weighted by molar-refractivity contribution is 5.95. The number of nitrogens with zero attached hydrogens (tertiary/aromatic N) is 6. The SMILES string of the molecule is CCC1c2nncn2-c2cnc(Nc3ccc(C(=O)NC4CC4)cc3F)nc2N1C1CCCC1. The monoisotopic (exact) mass is 462 g/mol. The van der Waals surface area contributed by atoms with Crippen LogP contribution in [-0.4, -0.2) is 42.7 Å². The smallest absolute Gasteiger partial charge is 0.251 e. The molecule has 1 aromatic carbocycles. The summed E-state index contributed by atoms with van der Waals surface area (Å²) in [5, 5.41) is 14.4. The van der Waals surface area contributed by atoms with Crippen LogP contribution in [0.15, 0.2) is 30.7 Å². The van der Waals surface area contributed by atoms with Crippen molar-refractivity contribution in [3.63, 3.8) is 0 Å². The number of hydrogen-bond acceptors (Lipinski definition) is 7. The molecule has 0 saturated heterocycles. The van der Waals surface area contributed by atoms with Crippen molar-refractivity contribution in [3.05, 3.63) is 47.9 Å². The summed E-state index contributed by atoms with van der Waals surface area (Å²) < 4.78 is 16.8. The first-order chi connectivity index (χ1) is 16.6. The number of nitrogens with one attached hydrogen (secondary N) is 2. The fraction of sp³-hybridized carbons (Fsp3) is 0.458. The molecule has 34 heavy (non-hydrogen) atoms. The van der Waals surface area contributed by atoms with E-state index in [2.05, 4.69) is 37.6 Å². The van der Waals surface area contributed by atoms with Gasteiger partial charge in [0.2, 0.25) is 5.95 Å². The molecule has 3 aromatic rings. The van der Waals surface area contributed by atoms with Crippen LogP contribution < -0.4 is 15.5 Å². The number of hydrogen-bond donors (Lipinski definition) is 2. The summed E-state index contributed by atoms with van der Waals surface area (Å²) >= 11 is 0. The first-order valence-electron chi connectivity index (χ1n) is 12.1. The maximum Gasteiger partial charge on any atom is 0.251 e. The minimum atomic E-state index is -0.523. The minimum Gasteiger partial charge on any atom is -0.349 e. The van der Waals surface area contributed by atoms with E-state index in [4.69, 9.17) is 4.98 Å². The topological polar surface area (TPSA) is 101 Å². The van der Waals surface area contributed by atoms with Gasteiger partial charge < -0.3 is 15.5 Å². The lowest BCUT2D eigenvalue weighted by Gasteiger charge is -2.40. The minimum absolute atomic E-state index is 0.0712. The van der Waals surface area contributed by atoms with E-state index >= 15 is 0 Å². The molecule has 2 N–H and O–H groups in total. The maximum atomic E-state index is 14.9. The van der Waals surface area contributed by atoms with Crippen molar-refractivity contribution in [1.29, 1.82) is 0 Å². The molecule has 1 amide bonds. The molecule has 0 radical (unpaired) electrons. The zero-order chi connectivity index (χ0) is 23.2. The van der Waals surface area contributed by atoms with Gasteiger partial charge in [0.1, 0.15) is 17.8 Å². The molecule has 6 rings (SSSR count). The van der Waals surface area contributed by atoms with Gasteiger partial charge in [0.15, 0.2) is 11.6 Å². The van der Waals surface area contributed by atoms with Gasteiger partial charge in [-0.3, -0.25) is 9.36 Å². The van der Waals surface area contributed by atoms with Gasteiger partial charge in [0, 0.05) is 17.6 Å². The predicted molar refractivity (Wildman–Crippen MR) is 125 cm³/mol. The normalized spacial score (nSPS) is 19.6. The number of fused-ring (bicyclic) bond motifs is 3. The third-order valence-electron chi connectivity index (χ3n) is 6.96. The van der Waals surface area contributed by atoms with Crippen molar-refractivity contribution in [2.75, 3.05) is 10.2 Å². The Kier molecular flexibility index (Phi) is 5.15. The molecule has 10 heteroatoms. The molecule has 2 fully saturated rings. The second-order valence-electron chi connectivity index (χ2n) is 9.30. The van der Waals surface area contributed by atoms with Crippen molar-refractivity contribution in [2.24, 2.45) is 0 Å². The van der Waals surface area contributed by atoms with Crippen molar-refractivity contribution in [3.8, 4) is 5.69 Å². The summed E-state index contributed by atoms with van der Waals surface area (Å²) in [4.78, 5) is 23.9. The van der Waals surface area contributed by atoms with Crippen molar-refractivity contribution in [1.82, 2.24) is 30.0 Å². The lowest BCUT2D eigenvalue weighted by molar-refractivity contribution is 0.0950. The Morgan fingerprint density at radius 2 is 2.03 bits per heavy atom. The van der Waals surface area contributed by atoms with E-state index in [1.807, 2.05) is 4.57 Å². The summed E-state index contributed by atoms with van der Waals surface area (Å²) in [6, 6.07) is 5.09. The van der Waals surface area contributed by atoms with Crippen molar-refractivity contribution < 1.29 is 9.18 Å². The molecular weight excluding hydrogens is 435 g/mol. The van der Waals surface area contributed by atoms with Crippen LogP contribution in [0.3, 0.4) is 0 Å². The van der Waals surface area contributed by atoms with Gasteiger partial charge in [-0.05, 0) is 50.3 Å². The first-order valence-corrected chi connectivity index (χ1v) is 12.1. The molecule has 1 unspecified atom stereocenters. The molecule has 3 heterocycles. The van der Waals surface area contributed by atoms with E-state index in [1.165, 1.54) is 18.9 Å². The van der Waals surface area contributed by atoms with E-state index < -0.39 is 5.82 Å². The molecule has 176 valence electrons. The van der Waals surface area contributed by atoms with Crippen LogP contribution in [0.2, 0.25) is 0 Å². The zero-order valence-electron chi connectivity index (χ0n) is 19.0. The standard InChI is InChI=1S/C24H27FN8O/c1-2-19-22-31-27-13-32(22)20-12-26-24(30-21(20)33(19)16-5-3-4-6-16)29-18-10-7-14(11-17(18)25)23(34)28-15-8-9-15/h7,10-13,15-16,19H,2-6,8-9H2,1H3,(H,28,34)(H,26,29,30). The van der Waals surface area contributed by atoms with Gasteiger partial charge in [-0.1, -0.05) is 19.8 Å². The molecule has 9 nitrogen and oxygen atoms in total. The maximum absolute atomic E-state index is 14.9. The lowest BCUT2D eigenvalue weighted by Crippen LogP contribution is -2.42.